The molecule has 1 heterocycles. The van der Waals surface area contributed by atoms with Gasteiger partial charge in [-0.3, -0.25) is 0 Å². The second-order valence-corrected chi connectivity index (χ2v) is 6.23. The van der Waals surface area contributed by atoms with Crippen LogP contribution in [-0.4, -0.2) is 9.55 Å². The van der Waals surface area contributed by atoms with E-state index in [1.807, 2.05) is 18.6 Å². The lowest BCUT2D eigenvalue weighted by atomic mass is 10.1. The number of benzene rings is 2. The van der Waals surface area contributed by atoms with Crippen LogP contribution < -0.4 is 0 Å². The molecule has 0 amide bonds. The van der Waals surface area contributed by atoms with Crippen molar-refractivity contribution < 1.29 is 0 Å². The Labute approximate surface area is 135 Å². The van der Waals surface area contributed by atoms with Gasteiger partial charge in [-0.25, -0.2) is 4.98 Å². The second kappa shape index (κ2) is 7.14. The maximum atomic E-state index is 4.06. The zero-order chi connectivity index (χ0) is 15.2. The molecule has 0 radical (unpaired) electrons. The van der Waals surface area contributed by atoms with Crippen LogP contribution in [0.4, 0.5) is 0 Å². The molecule has 3 heteroatoms. The Bertz CT molecular complexity index is 729. The molecule has 0 aliphatic carbocycles. The van der Waals surface area contributed by atoms with Crippen LogP contribution in [-0.2, 0) is 6.54 Å². The molecule has 2 aromatic carbocycles. The van der Waals surface area contributed by atoms with E-state index >= 15 is 0 Å². The van der Waals surface area contributed by atoms with Crippen LogP contribution in [0.3, 0.4) is 0 Å². The first-order valence-corrected chi connectivity index (χ1v) is 8.09. The largest absolute Gasteiger partial charge is 0.334 e. The predicted molar refractivity (Wildman–Crippen MR) is 92.9 cm³/mol. The van der Waals surface area contributed by atoms with Crippen molar-refractivity contribution in [1.29, 1.82) is 0 Å². The number of allylic oxidation sites excluding steroid dienone is 2. The smallest absolute Gasteiger partial charge is 0.0948 e. The molecular formula is C19H18N2S. The molecule has 0 N–H and O–H groups in total. The number of hydrogen-bond acceptors (Lipinski definition) is 2. The van der Waals surface area contributed by atoms with E-state index in [0.717, 1.165) is 6.54 Å². The Morgan fingerprint density at radius 3 is 2.45 bits per heavy atom. The highest BCUT2D eigenvalue weighted by Crippen LogP contribution is 2.28. The van der Waals surface area contributed by atoms with E-state index in [0.29, 0.717) is 0 Å². The quantitative estimate of drug-likeness (QED) is 0.649. The summed E-state index contributed by atoms with van der Waals surface area (Å²) in [4.78, 5) is 6.58. The molecule has 0 unspecified atom stereocenters. The monoisotopic (exact) mass is 306 g/mol. The van der Waals surface area contributed by atoms with Crippen molar-refractivity contribution in [2.75, 3.05) is 0 Å². The molecule has 1 aromatic heterocycles. The average molecular weight is 306 g/mol. The number of aromatic nitrogens is 2. The van der Waals surface area contributed by atoms with Gasteiger partial charge < -0.3 is 4.57 Å². The molecule has 0 atom stereocenters. The highest BCUT2D eigenvalue weighted by atomic mass is 32.2. The van der Waals surface area contributed by atoms with Crippen LogP contribution in [0.2, 0.25) is 0 Å². The van der Waals surface area contributed by atoms with Gasteiger partial charge in [0.1, 0.15) is 0 Å². The Kier molecular flexibility index (Phi) is 4.76. The molecular weight excluding hydrogens is 288 g/mol. The molecule has 110 valence electrons. The molecule has 3 rings (SSSR count). The van der Waals surface area contributed by atoms with E-state index < -0.39 is 0 Å². The van der Waals surface area contributed by atoms with Crippen molar-refractivity contribution in [2.45, 2.75) is 23.3 Å². The van der Waals surface area contributed by atoms with Crippen molar-refractivity contribution in [3.05, 3.63) is 85.0 Å². The van der Waals surface area contributed by atoms with Gasteiger partial charge in [0.25, 0.3) is 0 Å². The summed E-state index contributed by atoms with van der Waals surface area (Å²) in [6.07, 6.45) is 7.84. The van der Waals surface area contributed by atoms with Crippen molar-refractivity contribution in [1.82, 2.24) is 9.55 Å². The highest BCUT2D eigenvalue weighted by molar-refractivity contribution is 7.99. The molecule has 2 nitrogen and oxygen atoms in total. The minimum absolute atomic E-state index is 0.854. The third-order valence-electron chi connectivity index (χ3n) is 3.46. The fourth-order valence-corrected chi connectivity index (χ4v) is 3.00. The molecule has 22 heavy (non-hydrogen) atoms. The minimum Gasteiger partial charge on any atom is -0.334 e. The number of hydrogen-bond donors (Lipinski definition) is 0. The van der Waals surface area contributed by atoms with Gasteiger partial charge >= 0.3 is 0 Å². The van der Waals surface area contributed by atoms with Crippen LogP contribution in [0.15, 0.2) is 89.2 Å². The Balaban J connectivity index is 1.67. The van der Waals surface area contributed by atoms with Crippen molar-refractivity contribution in [3.63, 3.8) is 0 Å². The molecule has 0 bridgehead atoms. The standard InChI is InChI=1S/C19H18N2S/c1-16(11-13-21-14-12-20-15-21)17-7-9-19(10-8-17)22-18-5-3-2-4-6-18/h2-12,14-15H,13H2,1H3. The number of imidazole rings is 1. The Morgan fingerprint density at radius 2 is 1.77 bits per heavy atom. The van der Waals surface area contributed by atoms with E-state index in [9.17, 15) is 0 Å². The molecule has 0 saturated carbocycles. The van der Waals surface area contributed by atoms with Crippen LogP contribution >= 0.6 is 11.8 Å². The minimum atomic E-state index is 0.854. The summed E-state index contributed by atoms with van der Waals surface area (Å²) in [6, 6.07) is 19.2. The zero-order valence-electron chi connectivity index (χ0n) is 12.5. The van der Waals surface area contributed by atoms with Gasteiger partial charge in [0.2, 0.25) is 0 Å². The van der Waals surface area contributed by atoms with E-state index in [2.05, 4.69) is 71.1 Å². The third kappa shape index (κ3) is 3.89. The van der Waals surface area contributed by atoms with E-state index in [4.69, 9.17) is 0 Å². The average Bonchev–Trinajstić information content (AvgIpc) is 3.08. The lowest BCUT2D eigenvalue weighted by molar-refractivity contribution is 0.821. The van der Waals surface area contributed by atoms with E-state index in [1.165, 1.54) is 20.9 Å². The number of rotatable bonds is 5. The van der Waals surface area contributed by atoms with Crippen molar-refractivity contribution >= 4 is 17.3 Å². The molecule has 0 aliphatic rings. The van der Waals surface area contributed by atoms with E-state index in [1.54, 1.807) is 18.0 Å². The first-order chi connectivity index (χ1) is 10.8. The van der Waals surface area contributed by atoms with Crippen molar-refractivity contribution in [2.24, 2.45) is 0 Å². The maximum Gasteiger partial charge on any atom is 0.0948 e. The fraction of sp³-hybridized carbons (Fsp3) is 0.105. The summed E-state index contributed by atoms with van der Waals surface area (Å²) >= 11 is 1.79. The van der Waals surface area contributed by atoms with E-state index in [-0.39, 0.29) is 0 Å². The maximum absolute atomic E-state index is 4.06. The highest BCUT2D eigenvalue weighted by Gasteiger charge is 1.99. The SMILES string of the molecule is CC(=CCn1ccnc1)c1ccc(Sc2ccccc2)cc1. The number of nitrogens with zero attached hydrogens (tertiary/aromatic N) is 2. The molecule has 3 aromatic rings. The summed E-state index contributed by atoms with van der Waals surface area (Å²) in [5.41, 5.74) is 2.54. The molecule has 0 aliphatic heterocycles. The van der Waals surface area contributed by atoms with Crippen LogP contribution in [0, 0.1) is 0 Å². The second-order valence-electron chi connectivity index (χ2n) is 5.09. The van der Waals surface area contributed by atoms with Gasteiger partial charge in [0, 0.05) is 28.7 Å². The van der Waals surface area contributed by atoms with Gasteiger partial charge in [0.05, 0.1) is 6.33 Å². The van der Waals surface area contributed by atoms with Crippen LogP contribution in [0.25, 0.3) is 5.57 Å². The lowest BCUT2D eigenvalue weighted by Gasteiger charge is -2.05. The molecule has 0 fully saturated rings. The normalized spacial score (nSPS) is 11.6. The fourth-order valence-electron chi connectivity index (χ4n) is 2.17. The predicted octanol–water partition coefficient (Wildman–Crippen LogP) is 5.14. The first-order valence-electron chi connectivity index (χ1n) is 7.27. The summed E-state index contributed by atoms with van der Waals surface area (Å²) in [7, 11) is 0. The molecule has 0 saturated heterocycles. The summed E-state index contributed by atoms with van der Waals surface area (Å²) in [6.45, 7) is 3.00. The topological polar surface area (TPSA) is 17.8 Å². The van der Waals surface area contributed by atoms with Crippen LogP contribution in [0.5, 0.6) is 0 Å². The van der Waals surface area contributed by atoms with Gasteiger partial charge in [-0.2, -0.15) is 0 Å². The molecule has 0 spiro atoms. The van der Waals surface area contributed by atoms with Crippen LogP contribution in [0.1, 0.15) is 12.5 Å². The van der Waals surface area contributed by atoms with Crippen molar-refractivity contribution in [3.8, 4) is 0 Å². The zero-order valence-corrected chi connectivity index (χ0v) is 13.3. The lowest BCUT2D eigenvalue weighted by Crippen LogP contribution is -1.91. The van der Waals surface area contributed by atoms with Gasteiger partial charge in [-0.05, 0) is 42.3 Å². The Hall–Kier alpha value is -2.26. The van der Waals surface area contributed by atoms with Gasteiger partial charge in [-0.1, -0.05) is 48.2 Å². The summed E-state index contributed by atoms with van der Waals surface area (Å²) in [5.74, 6) is 0. The first kappa shape index (κ1) is 14.7. The summed E-state index contributed by atoms with van der Waals surface area (Å²) < 4.78 is 2.06. The van der Waals surface area contributed by atoms with Gasteiger partial charge in [-0.15, -0.1) is 0 Å². The van der Waals surface area contributed by atoms with Gasteiger partial charge in [0.15, 0.2) is 0 Å². The third-order valence-corrected chi connectivity index (χ3v) is 4.47. The summed E-state index contributed by atoms with van der Waals surface area (Å²) in [5, 5.41) is 0. The Morgan fingerprint density at radius 1 is 1.05 bits per heavy atom.